The molecule has 7 rings (SSSR count). The molecule has 2 aromatic heterocycles. The lowest BCUT2D eigenvalue weighted by Gasteiger charge is -2.35. The van der Waals surface area contributed by atoms with Crippen LogP contribution in [0.2, 0.25) is 0 Å². The zero-order chi connectivity index (χ0) is 27.2. The van der Waals surface area contributed by atoms with E-state index in [1.54, 1.807) is 17.7 Å². The third-order valence-corrected chi connectivity index (χ3v) is 9.87. The number of carbonyl (C=O) groups excluding carboxylic acids is 2. The number of aromatic nitrogens is 2. The summed E-state index contributed by atoms with van der Waals surface area (Å²) in [6.07, 6.45) is 2.61. The highest BCUT2D eigenvalue weighted by Crippen LogP contribution is 2.40. The molecule has 2 unspecified atom stereocenters. The third kappa shape index (κ3) is 4.79. The minimum atomic E-state index is -0.315. The average Bonchev–Trinajstić information content (AvgIpc) is 3.55. The summed E-state index contributed by atoms with van der Waals surface area (Å²) in [6, 6.07) is 19.0. The maximum absolute atomic E-state index is 12.5. The summed E-state index contributed by atoms with van der Waals surface area (Å²) in [6.45, 7) is 5.29. The van der Waals surface area contributed by atoms with Crippen molar-refractivity contribution >= 4 is 51.8 Å². The summed E-state index contributed by atoms with van der Waals surface area (Å²) in [7, 11) is 0. The van der Waals surface area contributed by atoms with Crippen LogP contribution in [-0.4, -0.2) is 63.8 Å². The zero-order valence-electron chi connectivity index (χ0n) is 22.0. The van der Waals surface area contributed by atoms with Gasteiger partial charge in [0.25, 0.3) is 0 Å². The Labute approximate surface area is 242 Å². The molecule has 204 valence electrons. The maximum atomic E-state index is 12.5. The number of anilines is 1. The van der Waals surface area contributed by atoms with Crippen molar-refractivity contribution in [2.75, 3.05) is 31.1 Å². The van der Waals surface area contributed by atoms with Crippen LogP contribution in [0.5, 0.6) is 0 Å². The highest BCUT2D eigenvalue weighted by Gasteiger charge is 2.39. The molecule has 2 aromatic carbocycles. The van der Waals surface area contributed by atoms with E-state index in [-0.39, 0.29) is 23.2 Å². The zero-order valence-corrected chi connectivity index (χ0v) is 23.7. The molecule has 3 aliphatic rings. The van der Waals surface area contributed by atoms with Crippen molar-refractivity contribution in [1.29, 1.82) is 0 Å². The van der Waals surface area contributed by atoms with Crippen molar-refractivity contribution in [1.82, 2.24) is 25.1 Å². The quantitative estimate of drug-likeness (QED) is 0.275. The van der Waals surface area contributed by atoms with E-state index >= 15 is 0 Å². The summed E-state index contributed by atoms with van der Waals surface area (Å²) in [5, 5.41) is 3.47. The molecule has 1 N–H and O–H groups in total. The van der Waals surface area contributed by atoms with Gasteiger partial charge in [0.1, 0.15) is 17.0 Å². The lowest BCUT2D eigenvalue weighted by Crippen LogP contribution is -2.51. The van der Waals surface area contributed by atoms with E-state index in [2.05, 4.69) is 73.5 Å². The normalized spacial score (nSPS) is 22.1. The smallest absolute Gasteiger partial charge is 0.243 e. The maximum Gasteiger partial charge on any atom is 0.243 e. The fraction of sp³-hybridized carbons (Fsp3) is 0.333. The van der Waals surface area contributed by atoms with Crippen molar-refractivity contribution in [3.8, 4) is 10.4 Å². The fourth-order valence-electron chi connectivity index (χ4n) is 6.10. The van der Waals surface area contributed by atoms with Crippen LogP contribution < -0.4 is 10.2 Å². The van der Waals surface area contributed by atoms with Crippen LogP contribution in [-0.2, 0) is 22.7 Å². The number of nitrogens with zero attached hydrogens (tertiary/aromatic N) is 5. The van der Waals surface area contributed by atoms with Gasteiger partial charge in [0.05, 0.1) is 16.8 Å². The van der Waals surface area contributed by atoms with Crippen LogP contribution >= 0.6 is 24.0 Å². The fourth-order valence-corrected chi connectivity index (χ4v) is 7.60. The second kappa shape index (κ2) is 10.6. The van der Waals surface area contributed by atoms with Gasteiger partial charge in [-0.3, -0.25) is 24.7 Å². The molecule has 4 aromatic rings. The minimum absolute atomic E-state index is 0.138. The van der Waals surface area contributed by atoms with Gasteiger partial charge in [-0.15, -0.1) is 11.3 Å². The van der Waals surface area contributed by atoms with E-state index in [9.17, 15) is 9.59 Å². The molecule has 10 heteroatoms. The molecule has 40 heavy (non-hydrogen) atoms. The Balaban J connectivity index is 1.01. The Hall–Kier alpha value is -3.31. The Morgan fingerprint density at radius 2 is 1.82 bits per heavy atom. The van der Waals surface area contributed by atoms with Crippen LogP contribution in [0.1, 0.15) is 34.9 Å². The number of thiol groups is 1. The van der Waals surface area contributed by atoms with Gasteiger partial charge in [-0.25, -0.2) is 9.97 Å². The van der Waals surface area contributed by atoms with Gasteiger partial charge < -0.3 is 4.90 Å². The third-order valence-electron chi connectivity index (χ3n) is 8.21. The van der Waals surface area contributed by atoms with E-state index in [0.29, 0.717) is 19.4 Å². The Morgan fingerprint density at radius 3 is 2.62 bits per heavy atom. The summed E-state index contributed by atoms with van der Waals surface area (Å²) in [4.78, 5) is 42.5. The number of carbonyl (C=O) groups is 2. The van der Waals surface area contributed by atoms with E-state index in [1.165, 1.54) is 21.6 Å². The van der Waals surface area contributed by atoms with Gasteiger partial charge in [-0.05, 0) is 34.7 Å². The lowest BCUT2D eigenvalue weighted by molar-refractivity contribution is -0.137. The van der Waals surface area contributed by atoms with Crippen molar-refractivity contribution in [3.05, 3.63) is 77.6 Å². The molecule has 3 aliphatic heterocycles. The summed E-state index contributed by atoms with van der Waals surface area (Å²) in [5.41, 5.74) is 4.85. The topological polar surface area (TPSA) is 81.7 Å². The van der Waals surface area contributed by atoms with E-state index in [4.69, 9.17) is 17.6 Å². The monoisotopic (exact) mass is 570 g/mol. The number of imide groups is 1. The summed E-state index contributed by atoms with van der Waals surface area (Å²) < 4.78 is 0. The highest BCUT2D eigenvalue weighted by molar-refractivity contribution is 7.80. The first-order valence-corrected chi connectivity index (χ1v) is 15.0. The number of nitrogens with one attached hydrogen (secondary N) is 1. The Bertz CT molecular complexity index is 1580. The number of hydrogen-bond donors (Lipinski definition) is 2. The number of amides is 2. The number of rotatable bonds is 5. The number of benzene rings is 2. The number of hydrogen-bond acceptors (Lipinski definition) is 9. The van der Waals surface area contributed by atoms with Crippen LogP contribution in [0.25, 0.3) is 20.7 Å². The average molecular weight is 571 g/mol. The van der Waals surface area contributed by atoms with Gasteiger partial charge in [0.2, 0.25) is 11.8 Å². The van der Waals surface area contributed by atoms with Crippen molar-refractivity contribution in [2.24, 2.45) is 0 Å². The van der Waals surface area contributed by atoms with E-state index < -0.39 is 0 Å². The molecule has 0 saturated carbocycles. The number of thiophene rings is 1. The van der Waals surface area contributed by atoms with E-state index in [0.717, 1.165) is 54.3 Å². The van der Waals surface area contributed by atoms with Crippen molar-refractivity contribution in [3.63, 3.8) is 0 Å². The summed E-state index contributed by atoms with van der Waals surface area (Å²) in [5.74, 6) is 0.627. The molecule has 8 nitrogen and oxygen atoms in total. The van der Waals surface area contributed by atoms with Gasteiger partial charge in [-0.2, -0.15) is 12.6 Å². The molecular weight excluding hydrogens is 541 g/mol. The molecular formula is C30H30N6O2S2. The number of piperazine rings is 1. The standard InChI is InChI=1S/C30H30N6O2S2/c37-26-9-8-24(28(38)33-26)36-17-21-14-19(6-7-22(21)30(36)39)16-34-10-12-35(13-11-34)27-23-15-25(20-4-2-1-3-5-20)40-29(23)32-18-31-27/h1-7,14-15,18,24,30,39H,8-13,16-17H2,(H,33,37,38). The number of piperidine rings is 1. The second-order valence-electron chi connectivity index (χ2n) is 10.7. The minimum Gasteiger partial charge on any atom is -0.353 e. The van der Waals surface area contributed by atoms with Crippen LogP contribution in [0.4, 0.5) is 5.82 Å². The van der Waals surface area contributed by atoms with Crippen LogP contribution in [0.3, 0.4) is 0 Å². The first-order chi connectivity index (χ1) is 19.5. The molecule has 2 amide bonds. The van der Waals surface area contributed by atoms with Gasteiger partial charge in [0, 0.05) is 50.6 Å². The predicted octanol–water partition coefficient (Wildman–Crippen LogP) is 4.23. The largest absolute Gasteiger partial charge is 0.353 e. The van der Waals surface area contributed by atoms with Gasteiger partial charge in [0.15, 0.2) is 0 Å². The summed E-state index contributed by atoms with van der Waals surface area (Å²) >= 11 is 6.55. The Kier molecular flexibility index (Phi) is 6.79. The first-order valence-electron chi connectivity index (χ1n) is 13.7. The van der Waals surface area contributed by atoms with Crippen LogP contribution in [0, 0.1) is 0 Å². The molecule has 2 atom stereocenters. The van der Waals surface area contributed by atoms with Crippen molar-refractivity contribution in [2.45, 2.75) is 37.3 Å². The van der Waals surface area contributed by atoms with Gasteiger partial charge >= 0.3 is 0 Å². The van der Waals surface area contributed by atoms with E-state index in [1.807, 2.05) is 6.07 Å². The molecule has 0 spiro atoms. The molecule has 5 heterocycles. The molecule has 0 bridgehead atoms. The second-order valence-corrected chi connectivity index (χ2v) is 12.2. The predicted molar refractivity (Wildman–Crippen MR) is 160 cm³/mol. The van der Waals surface area contributed by atoms with Gasteiger partial charge in [-0.1, -0.05) is 48.5 Å². The molecule has 2 saturated heterocycles. The van der Waals surface area contributed by atoms with Crippen molar-refractivity contribution < 1.29 is 9.59 Å². The first kappa shape index (κ1) is 25.6. The molecule has 0 aliphatic carbocycles. The molecule has 2 fully saturated rings. The lowest BCUT2D eigenvalue weighted by atomic mass is 10.0. The SMILES string of the molecule is O=C1CCC(N2Cc3cc(CN4CCN(c5ncnc6sc(-c7ccccc7)cc56)CC4)ccc3C2S)C(=O)N1. The highest BCUT2D eigenvalue weighted by atomic mass is 32.1. The number of fused-ring (bicyclic) bond motifs is 2. The Morgan fingerprint density at radius 1 is 1.00 bits per heavy atom. The molecule has 0 radical (unpaired) electrons. The van der Waals surface area contributed by atoms with Crippen LogP contribution in [0.15, 0.2) is 60.9 Å².